The number of aromatic hydroxyl groups is 1. The second-order valence-electron chi connectivity index (χ2n) is 9.62. The number of carboxylic acid groups (broad SMARTS) is 1. The molecule has 3 rings (SSSR count). The van der Waals surface area contributed by atoms with Crippen LogP contribution in [-0.4, -0.2) is 96.7 Å². The molecule has 0 spiro atoms. The van der Waals surface area contributed by atoms with E-state index in [1.807, 2.05) is 0 Å². The quantitative estimate of drug-likeness (QED) is 0.125. The number of fused-ring (bicyclic) bond motifs is 1. The zero-order chi connectivity index (χ0) is 29.9. The van der Waals surface area contributed by atoms with Crippen molar-refractivity contribution in [3.63, 3.8) is 0 Å². The van der Waals surface area contributed by atoms with Gasteiger partial charge in [0.1, 0.15) is 29.4 Å². The van der Waals surface area contributed by atoms with E-state index >= 15 is 0 Å². The molecule has 1 fully saturated rings. The van der Waals surface area contributed by atoms with Crippen LogP contribution in [0.5, 0.6) is 5.75 Å². The third-order valence-corrected chi connectivity index (χ3v) is 7.51. The van der Waals surface area contributed by atoms with Gasteiger partial charge in [0, 0.05) is 12.4 Å². The molecule has 1 heterocycles. The van der Waals surface area contributed by atoms with Crippen molar-refractivity contribution in [2.75, 3.05) is 13.7 Å². The van der Waals surface area contributed by atoms with Crippen LogP contribution in [0, 0.1) is 5.92 Å². The number of carbonyl (C=O) groups excluding carboxylic acids is 4. The van der Waals surface area contributed by atoms with Crippen molar-refractivity contribution >= 4 is 65.8 Å². The van der Waals surface area contributed by atoms with Crippen LogP contribution in [0.3, 0.4) is 0 Å². The highest BCUT2D eigenvalue weighted by Crippen LogP contribution is 2.48. The van der Waals surface area contributed by atoms with Gasteiger partial charge in [0.05, 0.1) is 16.7 Å². The summed E-state index contributed by atoms with van der Waals surface area (Å²) in [5.74, 6) is -5.29. The van der Waals surface area contributed by atoms with Crippen molar-refractivity contribution < 1.29 is 39.3 Å². The molecule has 1 saturated carbocycles. The minimum absolute atomic E-state index is 0.252. The fourth-order valence-electron chi connectivity index (χ4n) is 4.34. The molecule has 2 aromatic rings. The minimum atomic E-state index is -1.51. The van der Waals surface area contributed by atoms with Gasteiger partial charge in [0.2, 0.25) is 17.7 Å². The molecule has 0 bridgehead atoms. The molecule has 13 nitrogen and oxygen atoms in total. The minimum Gasteiger partial charge on any atom is -0.505 e. The average Bonchev–Trinajstić information content (AvgIpc) is 3.60. The Morgan fingerprint density at radius 3 is 2.30 bits per heavy atom. The van der Waals surface area contributed by atoms with Crippen molar-refractivity contribution in [3.05, 3.63) is 36.0 Å². The second kappa shape index (κ2) is 12.3. The molecule has 1 aliphatic carbocycles. The lowest BCUT2D eigenvalue weighted by Crippen LogP contribution is -2.59. The smallest absolute Gasteiger partial charge is 0.329 e. The molecule has 40 heavy (non-hydrogen) atoms. The number of amides is 4. The highest BCUT2D eigenvalue weighted by atomic mass is 32.2. The molecule has 6 N–H and O–H groups in total. The van der Waals surface area contributed by atoms with E-state index in [1.54, 1.807) is 31.2 Å². The Morgan fingerprint density at radius 1 is 1.12 bits per heavy atom. The Balaban J connectivity index is 1.65. The van der Waals surface area contributed by atoms with Crippen LogP contribution in [0.25, 0.3) is 10.9 Å². The Hall–Kier alpha value is -3.56. The molecule has 4 amide bonds. The highest BCUT2D eigenvalue weighted by molar-refractivity contribution is 7.99. The van der Waals surface area contributed by atoms with E-state index in [4.69, 9.17) is 0 Å². The van der Waals surface area contributed by atoms with Crippen LogP contribution < -0.4 is 16.0 Å². The molecule has 1 aliphatic rings. The van der Waals surface area contributed by atoms with Gasteiger partial charge >= 0.3 is 5.97 Å². The van der Waals surface area contributed by atoms with Crippen LogP contribution in [0.2, 0.25) is 0 Å². The van der Waals surface area contributed by atoms with Crippen molar-refractivity contribution in [2.24, 2.45) is 5.92 Å². The number of rotatable bonds is 11. The first-order valence-corrected chi connectivity index (χ1v) is 13.3. The predicted octanol–water partition coefficient (Wildman–Crippen LogP) is -0.472. The molecule has 0 unspecified atom stereocenters. The molecular formula is C25H31N5O8S2. The van der Waals surface area contributed by atoms with Crippen molar-refractivity contribution in [1.29, 1.82) is 0 Å². The maximum Gasteiger partial charge on any atom is 0.329 e. The molecule has 1 aromatic carbocycles. The summed E-state index contributed by atoms with van der Waals surface area (Å²) in [6, 6.07) is 4.00. The molecular weight excluding hydrogens is 562 g/mol. The number of aromatic nitrogens is 1. The summed E-state index contributed by atoms with van der Waals surface area (Å²) in [4.78, 5) is 68.3. The first kappa shape index (κ1) is 31.0. The number of benzene rings is 1. The second-order valence-corrected chi connectivity index (χ2v) is 11.1. The first-order valence-electron chi connectivity index (χ1n) is 12.2. The zero-order valence-electron chi connectivity index (χ0n) is 21.9. The van der Waals surface area contributed by atoms with E-state index in [2.05, 4.69) is 46.2 Å². The Labute approximate surface area is 240 Å². The number of carboxylic acids is 1. The van der Waals surface area contributed by atoms with Crippen molar-refractivity contribution in [3.8, 4) is 5.75 Å². The van der Waals surface area contributed by atoms with Crippen LogP contribution in [0.4, 0.5) is 0 Å². The number of carbonyl (C=O) groups is 5. The standard InChI is InChI=1S/C25H31N5O8S2/c1-11-9-25(11,24(37)38)30(3)22(36)18(23(39)40)29-19(33)12(2)26-20(34)15(10-31)28-21(35)17-16(32)8-13-6-4-5-7-14(13)27-17/h4-8,11-12,15,18,23,31-32,39-40H,9-10H2,1-3H3,(H,26,34)(H,28,35)(H,29,33)(H,37,38)/t11-,12-,15+,18+,25-/m0/s1. The molecule has 15 heteroatoms. The van der Waals surface area contributed by atoms with E-state index in [-0.39, 0.29) is 18.0 Å². The normalized spacial score (nSPS) is 20.2. The molecule has 216 valence electrons. The number of hydrogen-bond donors (Lipinski definition) is 8. The van der Waals surface area contributed by atoms with E-state index in [0.717, 1.165) is 4.90 Å². The third kappa shape index (κ3) is 6.26. The predicted molar refractivity (Wildman–Crippen MR) is 150 cm³/mol. The van der Waals surface area contributed by atoms with Gasteiger partial charge < -0.3 is 36.2 Å². The summed E-state index contributed by atoms with van der Waals surface area (Å²) >= 11 is 8.28. The van der Waals surface area contributed by atoms with E-state index in [9.17, 15) is 39.3 Å². The Bertz CT molecular complexity index is 1340. The monoisotopic (exact) mass is 593 g/mol. The molecule has 0 saturated heterocycles. The lowest BCUT2D eigenvalue weighted by atomic mass is 10.1. The number of thiol groups is 2. The number of aliphatic hydroxyl groups is 1. The summed E-state index contributed by atoms with van der Waals surface area (Å²) in [7, 11) is 1.32. The number of likely N-dealkylation sites (N-methyl/N-ethyl adjacent to an activating group) is 1. The third-order valence-electron chi connectivity index (χ3n) is 6.91. The number of aliphatic carboxylic acids is 1. The maximum absolute atomic E-state index is 13.1. The summed E-state index contributed by atoms with van der Waals surface area (Å²) < 4.78 is -1.01. The fourth-order valence-corrected chi connectivity index (χ4v) is 4.74. The van der Waals surface area contributed by atoms with E-state index < -0.39 is 70.2 Å². The molecule has 0 aliphatic heterocycles. The van der Waals surface area contributed by atoms with E-state index in [0.29, 0.717) is 10.9 Å². The van der Waals surface area contributed by atoms with Crippen molar-refractivity contribution in [2.45, 2.75) is 48.5 Å². The van der Waals surface area contributed by atoms with Gasteiger partial charge in [-0.15, -0.1) is 0 Å². The number of nitrogens with one attached hydrogen (secondary N) is 3. The molecule has 0 radical (unpaired) electrons. The van der Waals surface area contributed by atoms with Gasteiger partial charge in [-0.05, 0) is 31.4 Å². The van der Waals surface area contributed by atoms with Gasteiger partial charge in [0.15, 0.2) is 5.69 Å². The summed E-state index contributed by atoms with van der Waals surface area (Å²) in [5.41, 5.74) is -1.33. The first-order chi connectivity index (χ1) is 18.7. The van der Waals surface area contributed by atoms with Gasteiger partial charge in [-0.2, -0.15) is 25.3 Å². The van der Waals surface area contributed by atoms with Crippen LogP contribution in [0.15, 0.2) is 30.3 Å². The summed E-state index contributed by atoms with van der Waals surface area (Å²) in [6.07, 6.45) is 0.252. The van der Waals surface area contributed by atoms with Gasteiger partial charge in [-0.1, -0.05) is 25.1 Å². The number of nitrogens with zero attached hydrogens (tertiary/aromatic N) is 2. The van der Waals surface area contributed by atoms with Gasteiger partial charge in [-0.25, -0.2) is 9.78 Å². The number of para-hydroxylation sites is 1. The zero-order valence-corrected chi connectivity index (χ0v) is 23.6. The average molecular weight is 594 g/mol. The number of pyridine rings is 1. The lowest BCUT2D eigenvalue weighted by Gasteiger charge is -2.31. The lowest BCUT2D eigenvalue weighted by molar-refractivity contribution is -0.152. The van der Waals surface area contributed by atoms with Gasteiger partial charge in [0.25, 0.3) is 5.91 Å². The van der Waals surface area contributed by atoms with Gasteiger partial charge in [-0.3, -0.25) is 19.2 Å². The molecule has 5 atom stereocenters. The Morgan fingerprint density at radius 2 is 1.75 bits per heavy atom. The number of hydrogen-bond acceptors (Lipinski definition) is 10. The number of aliphatic hydroxyl groups excluding tert-OH is 1. The van der Waals surface area contributed by atoms with Crippen LogP contribution >= 0.6 is 25.3 Å². The van der Waals surface area contributed by atoms with Crippen LogP contribution in [0.1, 0.15) is 30.8 Å². The molecule has 1 aromatic heterocycles. The largest absolute Gasteiger partial charge is 0.505 e. The Kier molecular flexibility index (Phi) is 9.53. The topological polar surface area (TPSA) is 198 Å². The van der Waals surface area contributed by atoms with Crippen LogP contribution in [-0.2, 0) is 19.2 Å². The summed E-state index contributed by atoms with van der Waals surface area (Å²) in [5, 5.41) is 37.2. The summed E-state index contributed by atoms with van der Waals surface area (Å²) in [6.45, 7) is 2.16. The highest BCUT2D eigenvalue weighted by Gasteiger charge is 2.63. The SMILES string of the molecule is C[C@H](NC(=O)[C@@H](CO)NC(=O)c1nc2ccccc2cc1O)C(=O)N[C@H](C(=O)N(C)[C@@]1(C(=O)O)C[C@@H]1C)C(S)S. The van der Waals surface area contributed by atoms with Crippen molar-refractivity contribution in [1.82, 2.24) is 25.8 Å². The maximum atomic E-state index is 13.1. The van der Waals surface area contributed by atoms with E-state index in [1.165, 1.54) is 20.0 Å². The fraction of sp³-hybridized carbons (Fsp3) is 0.440.